The maximum Gasteiger partial charge on any atom is 0.312 e. The lowest BCUT2D eigenvalue weighted by Gasteiger charge is -2.16. The predicted molar refractivity (Wildman–Crippen MR) is 76.0 cm³/mol. The molecule has 0 unspecified atom stereocenters. The summed E-state index contributed by atoms with van der Waals surface area (Å²) in [6.45, 7) is 2.49. The predicted octanol–water partition coefficient (Wildman–Crippen LogP) is 1.53. The number of nitrogens with zero attached hydrogens (tertiary/aromatic N) is 2. The van der Waals surface area contributed by atoms with Crippen molar-refractivity contribution in [2.75, 3.05) is 13.1 Å². The highest BCUT2D eigenvalue weighted by molar-refractivity contribution is 5.86. The van der Waals surface area contributed by atoms with Gasteiger partial charge in [-0.3, -0.25) is 9.59 Å². The second-order valence-corrected chi connectivity index (χ2v) is 5.18. The molecule has 0 radical (unpaired) electrons. The molecule has 5 heteroatoms. The minimum Gasteiger partial charge on any atom is -0.447 e. The van der Waals surface area contributed by atoms with Crippen molar-refractivity contribution in [2.45, 2.75) is 25.9 Å². The smallest absolute Gasteiger partial charge is 0.312 e. The Morgan fingerprint density at radius 3 is 2.86 bits per heavy atom. The molecule has 110 valence electrons. The van der Waals surface area contributed by atoms with Gasteiger partial charge in [-0.1, -0.05) is 30.3 Å². The van der Waals surface area contributed by atoms with Gasteiger partial charge in [-0.05, 0) is 18.9 Å². The Morgan fingerprint density at radius 2 is 2.19 bits per heavy atom. The van der Waals surface area contributed by atoms with Crippen molar-refractivity contribution in [3.05, 3.63) is 35.9 Å². The fourth-order valence-electron chi connectivity index (χ4n) is 2.35. The normalized spacial score (nSPS) is 19.1. The summed E-state index contributed by atoms with van der Waals surface area (Å²) >= 11 is 0. The van der Waals surface area contributed by atoms with Crippen molar-refractivity contribution < 1.29 is 14.3 Å². The van der Waals surface area contributed by atoms with Gasteiger partial charge in [0.15, 0.2) is 6.10 Å². The number of esters is 1. The number of rotatable bonds is 5. The maximum atomic E-state index is 11.9. The highest BCUT2D eigenvalue weighted by Crippen LogP contribution is 2.20. The molecule has 2 atom stereocenters. The molecule has 0 aromatic heterocycles. The van der Waals surface area contributed by atoms with Crippen molar-refractivity contribution in [2.24, 2.45) is 5.92 Å². The summed E-state index contributed by atoms with van der Waals surface area (Å²) in [7, 11) is 0. The van der Waals surface area contributed by atoms with Crippen molar-refractivity contribution in [3.63, 3.8) is 0 Å². The van der Waals surface area contributed by atoms with Gasteiger partial charge in [0.25, 0.3) is 0 Å². The number of amides is 1. The van der Waals surface area contributed by atoms with Crippen LogP contribution in [0.5, 0.6) is 0 Å². The largest absolute Gasteiger partial charge is 0.447 e. The van der Waals surface area contributed by atoms with E-state index >= 15 is 0 Å². The number of nitriles is 1. The third-order valence-electron chi connectivity index (χ3n) is 3.54. The zero-order valence-corrected chi connectivity index (χ0v) is 12.0. The van der Waals surface area contributed by atoms with Crippen LogP contribution < -0.4 is 0 Å². The highest BCUT2D eigenvalue weighted by Gasteiger charge is 2.35. The van der Waals surface area contributed by atoms with Crippen LogP contribution in [0.2, 0.25) is 0 Å². The van der Waals surface area contributed by atoms with Gasteiger partial charge in [0.2, 0.25) is 5.91 Å². The lowest BCUT2D eigenvalue weighted by molar-refractivity contribution is -0.150. The Bertz CT molecular complexity index is 550. The molecule has 1 fully saturated rings. The molecule has 1 aliphatic rings. The number of likely N-dealkylation sites (tertiary alicyclic amines) is 1. The molecule has 1 aromatic carbocycles. The van der Waals surface area contributed by atoms with E-state index in [2.05, 4.69) is 0 Å². The molecule has 0 spiro atoms. The topological polar surface area (TPSA) is 70.4 Å². The van der Waals surface area contributed by atoms with Gasteiger partial charge in [0, 0.05) is 19.5 Å². The van der Waals surface area contributed by atoms with Crippen LogP contribution in [-0.4, -0.2) is 36.0 Å². The van der Waals surface area contributed by atoms with Crippen molar-refractivity contribution in [1.82, 2.24) is 4.90 Å². The monoisotopic (exact) mass is 286 g/mol. The van der Waals surface area contributed by atoms with Crippen LogP contribution in [0.1, 0.15) is 18.9 Å². The average molecular weight is 286 g/mol. The third-order valence-corrected chi connectivity index (χ3v) is 3.54. The number of hydrogen-bond acceptors (Lipinski definition) is 4. The van der Waals surface area contributed by atoms with Crippen LogP contribution in [0.15, 0.2) is 30.3 Å². The second kappa shape index (κ2) is 6.89. The summed E-state index contributed by atoms with van der Waals surface area (Å²) < 4.78 is 4.96. The van der Waals surface area contributed by atoms with E-state index in [9.17, 15) is 9.59 Å². The van der Waals surface area contributed by atoms with E-state index in [4.69, 9.17) is 10.00 Å². The van der Waals surface area contributed by atoms with Crippen LogP contribution in [0.3, 0.4) is 0 Å². The molecule has 1 amide bonds. The number of hydrogen-bond donors (Lipinski definition) is 0. The lowest BCUT2D eigenvalue weighted by atomic mass is 10.1. The fourth-order valence-corrected chi connectivity index (χ4v) is 2.35. The van der Waals surface area contributed by atoms with Gasteiger partial charge in [0.1, 0.15) is 6.07 Å². The molecule has 0 saturated carbocycles. The van der Waals surface area contributed by atoms with Gasteiger partial charge >= 0.3 is 5.97 Å². The van der Waals surface area contributed by atoms with E-state index in [0.29, 0.717) is 13.1 Å². The SMILES string of the molecule is C[C@@H](C#N)OC(=O)[C@@H]1CC(=O)N(CCc2ccccc2)C1. The molecule has 21 heavy (non-hydrogen) atoms. The van der Waals surface area contributed by atoms with E-state index < -0.39 is 18.0 Å². The summed E-state index contributed by atoms with van der Waals surface area (Å²) in [5, 5.41) is 8.64. The van der Waals surface area contributed by atoms with Crippen molar-refractivity contribution in [1.29, 1.82) is 5.26 Å². The Hall–Kier alpha value is -2.35. The number of carbonyl (C=O) groups excluding carboxylic acids is 2. The Kier molecular flexibility index (Phi) is 4.94. The van der Waals surface area contributed by atoms with Crippen LogP contribution in [0.4, 0.5) is 0 Å². The molecule has 1 aliphatic heterocycles. The molecular weight excluding hydrogens is 268 g/mol. The van der Waals surface area contributed by atoms with Crippen LogP contribution in [0.25, 0.3) is 0 Å². The van der Waals surface area contributed by atoms with E-state index in [1.165, 1.54) is 6.92 Å². The summed E-state index contributed by atoms with van der Waals surface area (Å²) in [5.41, 5.74) is 1.16. The van der Waals surface area contributed by atoms with E-state index in [1.54, 1.807) is 4.90 Å². The van der Waals surface area contributed by atoms with Gasteiger partial charge < -0.3 is 9.64 Å². The molecular formula is C16H18N2O3. The first kappa shape index (κ1) is 15.0. The van der Waals surface area contributed by atoms with Gasteiger partial charge in [-0.2, -0.15) is 5.26 Å². The fraction of sp³-hybridized carbons (Fsp3) is 0.438. The molecule has 1 aromatic rings. The Labute approximate surface area is 124 Å². The first-order chi connectivity index (χ1) is 10.1. The van der Waals surface area contributed by atoms with E-state index in [-0.39, 0.29) is 12.3 Å². The second-order valence-electron chi connectivity index (χ2n) is 5.18. The summed E-state index contributed by atoms with van der Waals surface area (Å²) in [4.78, 5) is 25.4. The molecule has 1 saturated heterocycles. The first-order valence-corrected chi connectivity index (χ1v) is 7.02. The van der Waals surface area contributed by atoms with Crippen molar-refractivity contribution in [3.8, 4) is 6.07 Å². The number of benzene rings is 1. The highest BCUT2D eigenvalue weighted by atomic mass is 16.5. The zero-order valence-electron chi connectivity index (χ0n) is 12.0. The molecule has 0 bridgehead atoms. The summed E-state index contributed by atoms with van der Waals surface area (Å²) in [5.74, 6) is -0.943. The Morgan fingerprint density at radius 1 is 1.48 bits per heavy atom. The quantitative estimate of drug-likeness (QED) is 0.770. The number of ether oxygens (including phenoxy) is 1. The van der Waals surface area contributed by atoms with E-state index in [1.807, 2.05) is 36.4 Å². The van der Waals surface area contributed by atoms with E-state index in [0.717, 1.165) is 12.0 Å². The zero-order chi connectivity index (χ0) is 15.2. The minimum absolute atomic E-state index is 0.0301. The molecule has 1 heterocycles. The molecule has 0 aliphatic carbocycles. The van der Waals surface area contributed by atoms with Gasteiger partial charge in [0.05, 0.1) is 5.92 Å². The van der Waals surface area contributed by atoms with Crippen LogP contribution in [0, 0.1) is 17.2 Å². The van der Waals surface area contributed by atoms with Crippen molar-refractivity contribution >= 4 is 11.9 Å². The average Bonchev–Trinajstić information content (AvgIpc) is 2.87. The Balaban J connectivity index is 1.85. The molecule has 5 nitrogen and oxygen atoms in total. The maximum absolute atomic E-state index is 11.9. The summed E-state index contributed by atoms with van der Waals surface area (Å²) in [6.07, 6.45) is 0.167. The lowest BCUT2D eigenvalue weighted by Crippen LogP contribution is -2.29. The van der Waals surface area contributed by atoms with Crippen LogP contribution in [-0.2, 0) is 20.7 Å². The van der Waals surface area contributed by atoms with Crippen LogP contribution >= 0.6 is 0 Å². The van der Waals surface area contributed by atoms with Gasteiger partial charge in [-0.15, -0.1) is 0 Å². The first-order valence-electron chi connectivity index (χ1n) is 7.02. The minimum atomic E-state index is -0.772. The number of carbonyl (C=O) groups is 2. The molecule has 0 N–H and O–H groups in total. The third kappa shape index (κ3) is 4.06. The summed E-state index contributed by atoms with van der Waals surface area (Å²) in [6, 6.07) is 11.8. The standard InChI is InChI=1S/C16H18N2O3/c1-12(10-17)21-16(20)14-9-15(19)18(11-14)8-7-13-5-3-2-4-6-13/h2-6,12,14H,7-9,11H2,1H3/t12-,14+/m0/s1. The molecule has 2 rings (SSSR count). The van der Waals surface area contributed by atoms with Gasteiger partial charge in [-0.25, -0.2) is 0 Å².